The molecule has 1 saturated heterocycles. The largest absolute Gasteiger partial charge is 0.419 e. The van der Waals surface area contributed by atoms with E-state index in [9.17, 15) is 13.2 Å². The highest BCUT2D eigenvalue weighted by Crippen LogP contribution is 2.35. The van der Waals surface area contributed by atoms with E-state index < -0.39 is 16.9 Å². The minimum atomic E-state index is -4.50. The van der Waals surface area contributed by atoms with E-state index >= 15 is 0 Å². The zero-order valence-electron chi connectivity index (χ0n) is 13.5. The fourth-order valence-electron chi connectivity index (χ4n) is 2.86. The van der Waals surface area contributed by atoms with Crippen LogP contribution >= 0.6 is 34.8 Å². The molecule has 1 aliphatic heterocycles. The monoisotopic (exact) mass is 423 g/mol. The highest BCUT2D eigenvalue weighted by Gasteiger charge is 2.34. The van der Waals surface area contributed by atoms with Gasteiger partial charge in [0.05, 0.1) is 15.6 Å². The molecular weight excluding hydrogens is 410 g/mol. The van der Waals surface area contributed by atoms with Crippen LogP contribution in [0, 0.1) is 0 Å². The first kappa shape index (κ1) is 19.5. The zero-order chi connectivity index (χ0) is 18.9. The normalized spacial score (nSPS) is 16.2. The topological polar surface area (TPSA) is 19.4 Å². The van der Waals surface area contributed by atoms with Gasteiger partial charge in [-0.15, -0.1) is 0 Å². The van der Waals surface area contributed by atoms with Crippen LogP contribution in [0.5, 0.6) is 0 Å². The smallest absolute Gasteiger partial charge is 0.354 e. The lowest BCUT2D eigenvalue weighted by atomic mass is 10.2. The average Bonchev–Trinajstić information content (AvgIpc) is 2.58. The molecule has 1 aromatic carbocycles. The second-order valence-electron chi connectivity index (χ2n) is 5.98. The van der Waals surface area contributed by atoms with Gasteiger partial charge in [0.25, 0.3) is 0 Å². The van der Waals surface area contributed by atoms with E-state index in [-0.39, 0.29) is 0 Å². The Morgan fingerprint density at radius 2 is 1.65 bits per heavy atom. The maximum atomic E-state index is 12.8. The number of aromatic nitrogens is 1. The third-order valence-corrected chi connectivity index (χ3v) is 5.41. The first-order valence-electron chi connectivity index (χ1n) is 7.89. The number of piperazine rings is 1. The number of nitrogens with zero attached hydrogens (tertiary/aromatic N) is 3. The van der Waals surface area contributed by atoms with Gasteiger partial charge in [-0.05, 0) is 23.8 Å². The lowest BCUT2D eigenvalue weighted by molar-refractivity contribution is -0.137. The standard InChI is InChI=1S/C17H15Cl3F3N3/c18-13-3-1-2-11(15(13)19)10-25-6-8-26(9-7-25)14-5-4-12(16(20)24-14)17(21,22)23/h1-5H,6-10H2. The molecule has 1 aliphatic rings. The zero-order valence-corrected chi connectivity index (χ0v) is 15.8. The van der Waals surface area contributed by atoms with E-state index in [0.717, 1.165) is 24.7 Å². The van der Waals surface area contributed by atoms with Gasteiger partial charge in [-0.25, -0.2) is 4.98 Å². The molecule has 1 aromatic heterocycles. The van der Waals surface area contributed by atoms with Gasteiger partial charge in [-0.1, -0.05) is 46.9 Å². The summed E-state index contributed by atoms with van der Waals surface area (Å²) in [6.45, 7) is 3.38. The van der Waals surface area contributed by atoms with Crippen molar-refractivity contribution in [1.29, 1.82) is 0 Å². The van der Waals surface area contributed by atoms with Crippen molar-refractivity contribution in [2.45, 2.75) is 12.7 Å². The van der Waals surface area contributed by atoms with E-state index in [1.165, 1.54) is 6.07 Å². The highest BCUT2D eigenvalue weighted by atomic mass is 35.5. The summed E-state index contributed by atoms with van der Waals surface area (Å²) in [4.78, 5) is 8.04. The van der Waals surface area contributed by atoms with Gasteiger partial charge in [0.1, 0.15) is 11.0 Å². The van der Waals surface area contributed by atoms with Crippen LogP contribution < -0.4 is 4.90 Å². The van der Waals surface area contributed by atoms with Gasteiger partial charge in [0, 0.05) is 32.7 Å². The van der Waals surface area contributed by atoms with Crippen molar-refractivity contribution in [2.75, 3.05) is 31.1 Å². The molecule has 0 saturated carbocycles. The molecule has 0 spiro atoms. The molecule has 26 heavy (non-hydrogen) atoms. The summed E-state index contributed by atoms with van der Waals surface area (Å²) in [6, 6.07) is 7.86. The van der Waals surface area contributed by atoms with Crippen LogP contribution in [0.4, 0.5) is 19.0 Å². The predicted molar refractivity (Wildman–Crippen MR) is 98.2 cm³/mol. The maximum absolute atomic E-state index is 12.8. The van der Waals surface area contributed by atoms with Crippen molar-refractivity contribution >= 4 is 40.6 Å². The van der Waals surface area contributed by atoms with Crippen molar-refractivity contribution in [2.24, 2.45) is 0 Å². The quantitative estimate of drug-likeness (QED) is 0.617. The average molecular weight is 425 g/mol. The second-order valence-corrected chi connectivity index (χ2v) is 7.12. The van der Waals surface area contributed by atoms with Gasteiger partial charge >= 0.3 is 6.18 Å². The van der Waals surface area contributed by atoms with Gasteiger partial charge in [0.2, 0.25) is 0 Å². The Bertz CT molecular complexity index is 791. The number of hydrogen-bond donors (Lipinski definition) is 0. The molecule has 1 fully saturated rings. The summed E-state index contributed by atoms with van der Waals surface area (Å²) in [6.07, 6.45) is -4.50. The van der Waals surface area contributed by atoms with Crippen LogP contribution in [0.25, 0.3) is 0 Å². The first-order chi connectivity index (χ1) is 12.3. The Labute approximate surface area is 164 Å². The molecule has 3 rings (SSSR count). The number of hydrogen-bond acceptors (Lipinski definition) is 3. The molecule has 2 aromatic rings. The number of rotatable bonds is 3. The Kier molecular flexibility index (Phi) is 5.87. The number of halogens is 6. The molecule has 140 valence electrons. The molecule has 0 bridgehead atoms. The Hall–Kier alpha value is -1.21. The maximum Gasteiger partial charge on any atom is 0.419 e. The molecule has 0 atom stereocenters. The summed E-state index contributed by atoms with van der Waals surface area (Å²) in [5, 5.41) is 0.544. The predicted octanol–water partition coefficient (Wildman–Crippen LogP) is 5.38. The van der Waals surface area contributed by atoms with Gasteiger partial charge < -0.3 is 4.90 Å². The molecule has 0 radical (unpaired) electrons. The summed E-state index contributed by atoms with van der Waals surface area (Å²) in [7, 11) is 0. The molecule has 0 amide bonds. The molecule has 2 heterocycles. The molecule has 0 N–H and O–H groups in total. The number of alkyl halides is 3. The van der Waals surface area contributed by atoms with E-state index in [1.54, 1.807) is 6.07 Å². The number of benzene rings is 1. The van der Waals surface area contributed by atoms with E-state index in [1.807, 2.05) is 17.0 Å². The first-order valence-corrected chi connectivity index (χ1v) is 9.03. The van der Waals surface area contributed by atoms with Crippen molar-refractivity contribution in [3.63, 3.8) is 0 Å². The molecule has 0 aliphatic carbocycles. The minimum Gasteiger partial charge on any atom is -0.354 e. The van der Waals surface area contributed by atoms with Crippen molar-refractivity contribution in [3.8, 4) is 0 Å². The molecular formula is C17H15Cl3F3N3. The van der Waals surface area contributed by atoms with Gasteiger partial charge in [-0.2, -0.15) is 13.2 Å². The van der Waals surface area contributed by atoms with Crippen molar-refractivity contribution in [1.82, 2.24) is 9.88 Å². The van der Waals surface area contributed by atoms with Crippen LogP contribution in [0.3, 0.4) is 0 Å². The van der Waals surface area contributed by atoms with E-state index in [4.69, 9.17) is 34.8 Å². The van der Waals surface area contributed by atoms with Gasteiger partial charge in [-0.3, -0.25) is 4.90 Å². The van der Waals surface area contributed by atoms with Crippen LogP contribution in [-0.4, -0.2) is 36.1 Å². The Morgan fingerprint density at radius 3 is 2.27 bits per heavy atom. The summed E-state index contributed by atoms with van der Waals surface area (Å²) >= 11 is 18.0. The Morgan fingerprint density at radius 1 is 0.962 bits per heavy atom. The Balaban J connectivity index is 1.63. The lowest BCUT2D eigenvalue weighted by Crippen LogP contribution is -2.46. The third-order valence-electron chi connectivity index (χ3n) is 4.26. The molecule has 3 nitrogen and oxygen atoms in total. The van der Waals surface area contributed by atoms with Crippen LogP contribution in [-0.2, 0) is 12.7 Å². The summed E-state index contributed by atoms with van der Waals surface area (Å²) in [5.41, 5.74) is 0.0282. The summed E-state index contributed by atoms with van der Waals surface area (Å²) < 4.78 is 38.3. The van der Waals surface area contributed by atoms with Crippen LogP contribution in [0.1, 0.15) is 11.1 Å². The number of pyridine rings is 1. The van der Waals surface area contributed by atoms with Crippen LogP contribution in [0.15, 0.2) is 30.3 Å². The van der Waals surface area contributed by atoms with E-state index in [2.05, 4.69) is 9.88 Å². The summed E-state index contributed by atoms with van der Waals surface area (Å²) in [5.74, 6) is 0.448. The van der Waals surface area contributed by atoms with Crippen molar-refractivity contribution < 1.29 is 13.2 Å². The second kappa shape index (κ2) is 7.80. The van der Waals surface area contributed by atoms with Crippen molar-refractivity contribution in [3.05, 3.63) is 56.7 Å². The lowest BCUT2D eigenvalue weighted by Gasteiger charge is -2.35. The minimum absolute atomic E-state index is 0.448. The fourth-order valence-corrected chi connectivity index (χ4v) is 3.50. The third kappa shape index (κ3) is 4.36. The number of anilines is 1. The van der Waals surface area contributed by atoms with Crippen LogP contribution in [0.2, 0.25) is 15.2 Å². The SMILES string of the molecule is FC(F)(F)c1ccc(N2CCN(Cc3cccc(Cl)c3Cl)CC2)nc1Cl. The molecule has 0 unspecified atom stereocenters. The molecule has 9 heteroatoms. The fraction of sp³-hybridized carbons (Fsp3) is 0.353. The highest BCUT2D eigenvalue weighted by molar-refractivity contribution is 6.42. The van der Waals surface area contributed by atoms with E-state index in [0.29, 0.717) is 35.5 Å². The van der Waals surface area contributed by atoms with Gasteiger partial charge in [0.15, 0.2) is 0 Å².